The Morgan fingerprint density at radius 3 is 2.68 bits per heavy atom. The molecule has 19 heavy (non-hydrogen) atoms. The summed E-state index contributed by atoms with van der Waals surface area (Å²) >= 11 is 1.19. The van der Waals surface area contributed by atoms with Crippen LogP contribution >= 0.6 is 11.3 Å². The van der Waals surface area contributed by atoms with Crippen molar-refractivity contribution in [3.05, 3.63) is 41.8 Å². The number of sulfonamides is 1. The highest BCUT2D eigenvalue weighted by Gasteiger charge is 2.32. The summed E-state index contributed by atoms with van der Waals surface area (Å²) in [5, 5.41) is 1.74. The van der Waals surface area contributed by atoms with Crippen LogP contribution in [0, 0.1) is 0 Å². The number of hydrogen-bond donors (Lipinski definition) is 0. The standard InChI is InChI=1S/C12H11NO3S3/c14-18-9-7-13(10-4-1-2-5-11(10)18)19(15,16)12-6-3-8-17-12/h1-6,8H,7,9H2. The maximum atomic E-state index is 12.6. The molecular formula is C12H11NO3S3. The normalized spacial score (nSPS) is 19.2. The second-order valence-corrected chi connectivity index (χ2v) is 8.60. The van der Waals surface area contributed by atoms with E-state index in [4.69, 9.17) is 0 Å². The Hall–Kier alpha value is -1.18. The highest BCUT2D eigenvalue weighted by Crippen LogP contribution is 2.33. The SMILES string of the molecule is O=S1CCN(S(=O)(=O)c2cccs2)c2ccccc21. The van der Waals surface area contributed by atoms with Gasteiger partial charge in [-0.15, -0.1) is 11.3 Å². The summed E-state index contributed by atoms with van der Waals surface area (Å²) in [6.45, 7) is 0.254. The van der Waals surface area contributed by atoms with E-state index in [0.29, 0.717) is 20.5 Å². The van der Waals surface area contributed by atoms with Crippen LogP contribution in [0.25, 0.3) is 0 Å². The van der Waals surface area contributed by atoms with Crippen molar-refractivity contribution in [1.29, 1.82) is 0 Å². The highest BCUT2D eigenvalue weighted by molar-refractivity contribution is 7.95. The summed E-state index contributed by atoms with van der Waals surface area (Å²) in [6.07, 6.45) is 0. The minimum absolute atomic E-state index is 0.254. The molecule has 0 bridgehead atoms. The van der Waals surface area contributed by atoms with Gasteiger partial charge in [-0.05, 0) is 23.6 Å². The Kier molecular flexibility index (Phi) is 3.20. The van der Waals surface area contributed by atoms with Crippen LogP contribution in [0.5, 0.6) is 0 Å². The second kappa shape index (κ2) is 4.73. The molecule has 1 aromatic heterocycles. The van der Waals surface area contributed by atoms with Crippen molar-refractivity contribution < 1.29 is 12.6 Å². The summed E-state index contributed by atoms with van der Waals surface area (Å²) in [5.74, 6) is 0.335. The van der Waals surface area contributed by atoms with Gasteiger partial charge in [0, 0.05) is 12.3 Å². The van der Waals surface area contributed by atoms with Crippen molar-refractivity contribution in [3.8, 4) is 0 Å². The molecule has 1 aromatic carbocycles. The summed E-state index contributed by atoms with van der Waals surface area (Å²) in [6, 6.07) is 10.3. The number of fused-ring (bicyclic) bond motifs is 1. The molecule has 0 spiro atoms. The van der Waals surface area contributed by atoms with Gasteiger partial charge in [-0.25, -0.2) is 8.42 Å². The summed E-state index contributed by atoms with van der Waals surface area (Å²) in [5.41, 5.74) is 0.528. The van der Waals surface area contributed by atoms with Crippen LogP contribution in [0.3, 0.4) is 0 Å². The molecule has 0 amide bonds. The van der Waals surface area contributed by atoms with Crippen molar-refractivity contribution >= 4 is 37.8 Å². The van der Waals surface area contributed by atoms with Crippen LogP contribution in [-0.4, -0.2) is 24.9 Å². The van der Waals surface area contributed by atoms with Gasteiger partial charge in [0.25, 0.3) is 10.0 Å². The maximum absolute atomic E-state index is 12.6. The minimum atomic E-state index is -3.54. The third-order valence-corrected chi connectivity index (χ3v) is 7.47. The lowest BCUT2D eigenvalue weighted by Gasteiger charge is -2.29. The number of para-hydroxylation sites is 1. The molecule has 0 radical (unpaired) electrons. The molecule has 2 aromatic rings. The minimum Gasteiger partial charge on any atom is -0.264 e. The van der Waals surface area contributed by atoms with Gasteiger partial charge in [0.15, 0.2) is 0 Å². The molecule has 1 aliphatic heterocycles. The smallest absolute Gasteiger partial charge is 0.264 e. The highest BCUT2D eigenvalue weighted by atomic mass is 32.2. The van der Waals surface area contributed by atoms with Crippen LogP contribution in [-0.2, 0) is 20.8 Å². The maximum Gasteiger partial charge on any atom is 0.273 e. The van der Waals surface area contributed by atoms with Crippen molar-refractivity contribution in [2.75, 3.05) is 16.6 Å². The van der Waals surface area contributed by atoms with Crippen molar-refractivity contribution in [2.24, 2.45) is 0 Å². The zero-order valence-electron chi connectivity index (χ0n) is 9.85. The first kappa shape index (κ1) is 12.8. The number of rotatable bonds is 2. The Morgan fingerprint density at radius 2 is 1.95 bits per heavy atom. The lowest BCUT2D eigenvalue weighted by molar-refractivity contribution is 0.593. The van der Waals surface area contributed by atoms with Gasteiger partial charge in [0.05, 0.1) is 21.4 Å². The van der Waals surface area contributed by atoms with E-state index in [1.54, 1.807) is 41.8 Å². The van der Waals surface area contributed by atoms with Crippen LogP contribution in [0.15, 0.2) is 50.9 Å². The van der Waals surface area contributed by atoms with E-state index in [-0.39, 0.29) is 6.54 Å². The van der Waals surface area contributed by atoms with Gasteiger partial charge >= 0.3 is 0 Å². The topological polar surface area (TPSA) is 54.5 Å². The van der Waals surface area contributed by atoms with Crippen molar-refractivity contribution in [3.63, 3.8) is 0 Å². The van der Waals surface area contributed by atoms with Crippen molar-refractivity contribution in [2.45, 2.75) is 9.10 Å². The number of thiophene rings is 1. The monoisotopic (exact) mass is 313 g/mol. The number of nitrogens with zero attached hydrogens (tertiary/aromatic N) is 1. The fourth-order valence-corrected chi connectivity index (χ4v) is 5.99. The molecule has 1 unspecified atom stereocenters. The molecule has 100 valence electrons. The summed E-state index contributed by atoms with van der Waals surface area (Å²) < 4.78 is 38.7. The Bertz CT molecular complexity index is 722. The van der Waals surface area contributed by atoms with Crippen LogP contribution in [0.4, 0.5) is 5.69 Å². The van der Waals surface area contributed by atoms with Crippen LogP contribution in [0.2, 0.25) is 0 Å². The van der Waals surface area contributed by atoms with Gasteiger partial charge in [-0.3, -0.25) is 8.51 Å². The fourth-order valence-electron chi connectivity index (χ4n) is 2.02. The molecule has 1 atom stereocenters. The molecule has 0 saturated heterocycles. The molecule has 7 heteroatoms. The number of hydrogen-bond acceptors (Lipinski definition) is 4. The predicted octanol–water partition coefficient (Wildman–Crippen LogP) is 2.06. The molecule has 0 aliphatic carbocycles. The molecule has 3 rings (SSSR count). The molecule has 0 N–H and O–H groups in total. The lowest BCUT2D eigenvalue weighted by Crippen LogP contribution is -2.37. The zero-order chi connectivity index (χ0) is 13.5. The van der Waals surface area contributed by atoms with E-state index in [0.717, 1.165) is 0 Å². The van der Waals surface area contributed by atoms with Crippen molar-refractivity contribution in [1.82, 2.24) is 0 Å². The Labute approximate surface area is 118 Å². The third kappa shape index (κ3) is 2.11. The first-order valence-corrected chi connectivity index (χ1v) is 9.28. The van der Waals surface area contributed by atoms with Gasteiger partial charge in [-0.2, -0.15) is 0 Å². The van der Waals surface area contributed by atoms with Gasteiger partial charge < -0.3 is 0 Å². The number of benzene rings is 1. The molecule has 1 aliphatic rings. The quantitative estimate of drug-likeness (QED) is 0.853. The van der Waals surface area contributed by atoms with E-state index in [1.165, 1.54) is 15.6 Å². The van der Waals surface area contributed by atoms with Gasteiger partial charge in [0.1, 0.15) is 4.21 Å². The summed E-state index contributed by atoms with van der Waals surface area (Å²) in [4.78, 5) is 0.592. The van der Waals surface area contributed by atoms with E-state index in [9.17, 15) is 12.6 Å². The van der Waals surface area contributed by atoms with E-state index in [2.05, 4.69) is 0 Å². The molecular weight excluding hydrogens is 302 g/mol. The van der Waals surface area contributed by atoms with E-state index in [1.807, 2.05) is 0 Å². The average molecular weight is 313 g/mol. The van der Waals surface area contributed by atoms with Gasteiger partial charge in [0.2, 0.25) is 0 Å². The molecule has 0 saturated carbocycles. The summed E-state index contributed by atoms with van der Waals surface area (Å²) in [7, 11) is -4.66. The lowest BCUT2D eigenvalue weighted by atomic mass is 10.3. The Morgan fingerprint density at radius 1 is 1.16 bits per heavy atom. The molecule has 0 fully saturated rings. The van der Waals surface area contributed by atoms with Crippen LogP contribution in [0.1, 0.15) is 0 Å². The Balaban J connectivity index is 2.14. The predicted molar refractivity (Wildman–Crippen MR) is 76.6 cm³/mol. The first-order chi connectivity index (χ1) is 9.10. The first-order valence-electron chi connectivity index (χ1n) is 5.64. The average Bonchev–Trinajstić information content (AvgIpc) is 2.94. The van der Waals surface area contributed by atoms with Gasteiger partial charge in [-0.1, -0.05) is 18.2 Å². The third-order valence-electron chi connectivity index (χ3n) is 2.90. The van der Waals surface area contributed by atoms with E-state index < -0.39 is 20.8 Å². The fraction of sp³-hybridized carbons (Fsp3) is 0.167. The second-order valence-electron chi connectivity index (χ2n) is 4.03. The van der Waals surface area contributed by atoms with E-state index >= 15 is 0 Å². The molecule has 2 heterocycles. The molecule has 4 nitrogen and oxygen atoms in total. The number of anilines is 1. The zero-order valence-corrected chi connectivity index (χ0v) is 12.3. The largest absolute Gasteiger partial charge is 0.273 e. The van der Waals surface area contributed by atoms with Crippen LogP contribution < -0.4 is 4.31 Å².